The highest BCUT2D eigenvalue weighted by Crippen LogP contribution is 2.37. The minimum Gasteiger partial charge on any atom is -0.349 e. The first kappa shape index (κ1) is 44.9. The van der Waals surface area contributed by atoms with Gasteiger partial charge in [0.05, 0.1) is 51.2 Å². The Kier molecular flexibility index (Phi) is 14.6. The summed E-state index contributed by atoms with van der Waals surface area (Å²) < 4.78 is 0. The van der Waals surface area contributed by atoms with Crippen LogP contribution in [0.1, 0.15) is 41.1 Å². The highest BCUT2D eigenvalue weighted by Gasteiger charge is 2.22. The van der Waals surface area contributed by atoms with Gasteiger partial charge in [-0.25, -0.2) is 19.9 Å². The number of hydrogen-bond donors (Lipinski definition) is 4. The fourth-order valence-corrected chi connectivity index (χ4v) is 7.28. The second-order valence-corrected chi connectivity index (χ2v) is 16.6. The molecule has 6 aromatic rings. The van der Waals surface area contributed by atoms with Crippen molar-refractivity contribution in [2.75, 3.05) is 62.5 Å². The summed E-state index contributed by atoms with van der Waals surface area (Å²) in [5, 5.41) is 14.0. The molecule has 4 N–H and O–H groups in total. The van der Waals surface area contributed by atoms with E-state index in [1.54, 1.807) is 18.3 Å². The Labute approximate surface area is 372 Å². The number of rotatable bonds is 10. The number of carbonyl (C=O) groups is 1. The Morgan fingerprint density at radius 3 is 1.59 bits per heavy atom. The second kappa shape index (κ2) is 19.8. The molecule has 4 aromatic heterocycles. The van der Waals surface area contributed by atoms with Crippen LogP contribution < -0.4 is 21.3 Å². The van der Waals surface area contributed by atoms with Crippen LogP contribution in [0.15, 0.2) is 73.3 Å². The molecule has 0 aliphatic carbocycles. The minimum atomic E-state index is -0.116. The maximum atomic E-state index is 12.3. The molecule has 61 heavy (non-hydrogen) atoms. The number of likely N-dealkylation sites (N-methyl/N-ethyl adjacent to an activating group) is 2. The first-order valence-corrected chi connectivity index (χ1v) is 20.6. The minimum absolute atomic E-state index is 0. The van der Waals surface area contributed by atoms with Gasteiger partial charge in [0.1, 0.15) is 0 Å². The molecule has 0 unspecified atom stereocenters. The van der Waals surface area contributed by atoms with Crippen molar-refractivity contribution < 1.29 is 4.79 Å². The molecule has 2 aromatic carbocycles. The van der Waals surface area contributed by atoms with Crippen LogP contribution in [0.25, 0.3) is 22.5 Å². The van der Waals surface area contributed by atoms with Gasteiger partial charge in [-0.1, -0.05) is 42.8 Å². The quantitative estimate of drug-likeness (QED) is 0.0971. The van der Waals surface area contributed by atoms with Crippen molar-refractivity contribution in [3.05, 3.63) is 117 Å². The monoisotopic (exact) mass is 876 g/mol. The van der Waals surface area contributed by atoms with Crippen LogP contribution in [0.5, 0.6) is 0 Å². The number of benzene rings is 2. The second-order valence-electron chi connectivity index (χ2n) is 15.3. The molecule has 2 aliphatic rings. The molecule has 16 heteroatoms. The topological polar surface area (TPSA) is 149 Å². The molecule has 2 aliphatic heterocycles. The van der Waals surface area contributed by atoms with E-state index in [2.05, 4.69) is 91.3 Å². The molecule has 0 bridgehead atoms. The zero-order valence-corrected chi connectivity index (χ0v) is 36.6. The summed E-state index contributed by atoms with van der Waals surface area (Å²) in [5.41, 5.74) is 12.4. The molecule has 0 fully saturated rings. The normalized spacial score (nSPS) is 12.6. The van der Waals surface area contributed by atoms with Gasteiger partial charge in [-0.2, -0.15) is 0 Å². The van der Waals surface area contributed by atoms with Crippen molar-refractivity contribution >= 4 is 81.0 Å². The van der Waals surface area contributed by atoms with Crippen LogP contribution >= 0.6 is 35.4 Å². The van der Waals surface area contributed by atoms with Gasteiger partial charge in [0.2, 0.25) is 17.8 Å². The Hall–Kier alpha value is -5.64. The number of amides is 1. The Morgan fingerprint density at radius 2 is 1.11 bits per heavy atom. The molecule has 0 spiro atoms. The van der Waals surface area contributed by atoms with E-state index in [0.29, 0.717) is 39.7 Å². The highest BCUT2D eigenvalue weighted by molar-refractivity contribution is 7.80. The van der Waals surface area contributed by atoms with Gasteiger partial charge in [-0.3, -0.25) is 14.8 Å². The predicted octanol–water partition coefficient (Wildman–Crippen LogP) is 9.12. The van der Waals surface area contributed by atoms with Crippen LogP contribution in [0.3, 0.4) is 0 Å². The fourth-order valence-electron chi connectivity index (χ4n) is 6.67. The summed E-state index contributed by atoms with van der Waals surface area (Å²) in [6, 6.07) is 15.3. The molecule has 0 radical (unpaired) electrons. The van der Waals surface area contributed by atoms with Crippen molar-refractivity contribution in [3.63, 3.8) is 0 Å². The lowest BCUT2D eigenvalue weighted by atomic mass is 10.1. The molecule has 0 saturated heterocycles. The average molecular weight is 878 g/mol. The molecule has 0 saturated carbocycles. The zero-order chi connectivity index (χ0) is 42.5. The lowest BCUT2D eigenvalue weighted by Crippen LogP contribution is -2.15. The van der Waals surface area contributed by atoms with Crippen molar-refractivity contribution in [1.82, 2.24) is 39.7 Å². The number of carbonyl (C=O) groups excluding carboxylic acids is 1. The molecule has 13 nitrogen and oxygen atoms in total. The molecular formula is C45H50Cl2N12OS. The van der Waals surface area contributed by atoms with Crippen molar-refractivity contribution in [1.29, 1.82) is 0 Å². The first-order chi connectivity index (χ1) is 28.8. The number of pyridine rings is 2. The van der Waals surface area contributed by atoms with E-state index in [4.69, 9.17) is 45.4 Å². The summed E-state index contributed by atoms with van der Waals surface area (Å²) in [7, 11) is 8.23. The molecule has 316 valence electrons. The van der Waals surface area contributed by atoms with E-state index in [-0.39, 0.29) is 19.8 Å². The SMILES string of the molecule is C.Cc1ncc(CCN(C)C)cc1Nc1ncc2c(n1)-c1ccc(Cl)cc1NC(=O)C2.Cc1ncc(CCN(C)C)cc1Nc1ncc2c(n1)-c1ccc(Cl)cc1NC(=S)C2. The third-order valence-electron chi connectivity index (χ3n) is 9.93. The Morgan fingerprint density at radius 1 is 0.656 bits per heavy atom. The van der Waals surface area contributed by atoms with Crippen LogP contribution in [0.2, 0.25) is 10.0 Å². The number of aryl methyl sites for hydroxylation is 2. The van der Waals surface area contributed by atoms with E-state index in [1.165, 1.54) is 5.56 Å². The van der Waals surface area contributed by atoms with Gasteiger partial charge < -0.3 is 31.1 Å². The largest absolute Gasteiger partial charge is 0.349 e. The van der Waals surface area contributed by atoms with Gasteiger partial charge >= 0.3 is 0 Å². The van der Waals surface area contributed by atoms with Gasteiger partial charge in [-0.05, 0) is 115 Å². The predicted molar refractivity (Wildman–Crippen MR) is 253 cm³/mol. The lowest BCUT2D eigenvalue weighted by Gasteiger charge is -2.13. The van der Waals surface area contributed by atoms with Crippen molar-refractivity contribution in [3.8, 4) is 22.5 Å². The lowest BCUT2D eigenvalue weighted by molar-refractivity contribution is -0.115. The molecule has 8 rings (SSSR count). The van der Waals surface area contributed by atoms with Crippen LogP contribution in [0.4, 0.5) is 34.6 Å². The summed E-state index contributed by atoms with van der Waals surface area (Å²) in [4.78, 5) is 44.8. The maximum Gasteiger partial charge on any atom is 0.228 e. The molecule has 0 atom stereocenters. The number of fused-ring (bicyclic) bond motifs is 6. The molecular weight excluding hydrogens is 828 g/mol. The van der Waals surface area contributed by atoms with Gasteiger partial charge in [0.15, 0.2) is 0 Å². The van der Waals surface area contributed by atoms with Crippen molar-refractivity contribution in [2.45, 2.75) is 47.0 Å². The van der Waals surface area contributed by atoms with Crippen LogP contribution in [-0.2, 0) is 30.5 Å². The standard InChI is InChI=1S/C22H23ClN6O.C22H23ClN6S.CH4/c2*1-13-18(8-14(11-24-13)6-7-29(2)3)27-22-25-12-15-9-20(30)26-19-10-16(23)4-5-17(19)21(15)28-22;/h2*4-5,8,10-12H,6-7,9H2,1-3H3,(H,26,30)(H,25,27,28);1H4. The number of anilines is 6. The van der Waals surface area contributed by atoms with Gasteiger partial charge in [0, 0.05) is 82.3 Å². The first-order valence-electron chi connectivity index (χ1n) is 19.4. The Balaban J connectivity index is 0.000000201. The third kappa shape index (κ3) is 11.4. The van der Waals surface area contributed by atoms with E-state index in [0.717, 1.165) is 92.9 Å². The van der Waals surface area contributed by atoms with E-state index in [9.17, 15) is 4.79 Å². The maximum absolute atomic E-state index is 12.3. The molecule has 1 amide bonds. The number of thiocarbonyl (C=S) groups is 1. The zero-order valence-electron chi connectivity index (χ0n) is 34.3. The summed E-state index contributed by atoms with van der Waals surface area (Å²) in [6.45, 7) is 5.83. The van der Waals surface area contributed by atoms with Crippen LogP contribution in [-0.4, -0.2) is 91.9 Å². The van der Waals surface area contributed by atoms with Crippen molar-refractivity contribution in [2.24, 2.45) is 0 Å². The summed E-state index contributed by atoms with van der Waals surface area (Å²) in [6.07, 6.45) is 9.99. The summed E-state index contributed by atoms with van der Waals surface area (Å²) in [5.74, 6) is 0.867. The number of hydrogen-bond acceptors (Lipinski definition) is 12. The number of halogens is 2. The number of aromatic nitrogens is 6. The van der Waals surface area contributed by atoms with E-state index < -0.39 is 0 Å². The average Bonchev–Trinajstić information content (AvgIpc) is 3.43. The van der Waals surface area contributed by atoms with Gasteiger partial charge in [0.25, 0.3) is 0 Å². The fraction of sp³-hybridized carbons (Fsp3) is 0.289. The smallest absolute Gasteiger partial charge is 0.228 e. The summed E-state index contributed by atoms with van der Waals surface area (Å²) >= 11 is 17.8. The van der Waals surface area contributed by atoms with E-state index in [1.807, 2.05) is 56.7 Å². The van der Waals surface area contributed by atoms with E-state index >= 15 is 0 Å². The molecule has 6 heterocycles. The van der Waals surface area contributed by atoms with Crippen LogP contribution in [0, 0.1) is 13.8 Å². The van der Waals surface area contributed by atoms with Gasteiger partial charge in [-0.15, -0.1) is 0 Å². The Bertz CT molecular complexity index is 2410. The number of nitrogens with one attached hydrogen (secondary N) is 4. The number of nitrogens with zero attached hydrogens (tertiary/aromatic N) is 8. The third-order valence-corrected chi connectivity index (χ3v) is 10.6. The highest BCUT2D eigenvalue weighted by atomic mass is 35.5.